The Hall–Kier alpha value is -3.70. The van der Waals surface area contributed by atoms with Crippen LogP contribution in [0.15, 0.2) is 67.0 Å². The van der Waals surface area contributed by atoms with Gasteiger partial charge in [0.1, 0.15) is 10.9 Å². The highest BCUT2D eigenvalue weighted by Gasteiger charge is 2.17. The zero-order chi connectivity index (χ0) is 23.8. The number of H-pyrrole nitrogens is 1. The van der Waals surface area contributed by atoms with E-state index in [-0.39, 0.29) is 0 Å². The molecule has 0 unspecified atom stereocenters. The lowest BCUT2D eigenvalue weighted by Crippen LogP contribution is -2.43. The van der Waals surface area contributed by atoms with Crippen LogP contribution < -0.4 is 5.32 Å². The minimum atomic E-state index is 0.540. The number of pyridine rings is 1. The van der Waals surface area contributed by atoms with E-state index in [1.165, 1.54) is 11.1 Å². The first-order valence-corrected chi connectivity index (χ1v) is 12.7. The number of nitrogens with one attached hydrogen (secondary N) is 2. The largest absolute Gasteiger partial charge is 0.361 e. The summed E-state index contributed by atoms with van der Waals surface area (Å²) in [5, 5.41) is 15.4. The first kappa shape index (κ1) is 21.8. The third-order valence-corrected chi connectivity index (χ3v) is 7.84. The van der Waals surface area contributed by atoms with E-state index in [4.69, 9.17) is 0 Å². The Morgan fingerprint density at radius 2 is 1.91 bits per heavy atom. The van der Waals surface area contributed by atoms with E-state index in [2.05, 4.69) is 68.5 Å². The van der Waals surface area contributed by atoms with Gasteiger partial charge in [0.25, 0.3) is 0 Å². The van der Waals surface area contributed by atoms with Crippen LogP contribution in [-0.4, -0.2) is 53.0 Å². The van der Waals surface area contributed by atoms with Crippen molar-refractivity contribution in [3.8, 4) is 16.5 Å². The van der Waals surface area contributed by atoms with Gasteiger partial charge < -0.3 is 15.2 Å². The lowest BCUT2D eigenvalue weighted by Gasteiger charge is -2.32. The number of benzene rings is 2. The zero-order valence-corrected chi connectivity index (χ0v) is 20.4. The molecule has 1 fully saturated rings. The lowest BCUT2D eigenvalue weighted by atomic mass is 10.1. The molecule has 5 aromatic rings. The molecule has 0 atom stereocenters. The molecule has 0 aliphatic carbocycles. The number of rotatable bonds is 5. The summed E-state index contributed by atoms with van der Waals surface area (Å²) in [6, 6.07) is 21.5. The molecule has 1 saturated heterocycles. The second-order valence-electron chi connectivity index (χ2n) is 9.14. The molecule has 7 heteroatoms. The maximum absolute atomic E-state index is 9.82. The number of nitrogens with zero attached hydrogens (tertiary/aromatic N) is 4. The summed E-state index contributed by atoms with van der Waals surface area (Å²) in [7, 11) is 2.19. The molecule has 0 saturated carbocycles. The summed E-state index contributed by atoms with van der Waals surface area (Å²) in [6.45, 7) is 5.42. The second-order valence-corrected chi connectivity index (χ2v) is 10.2. The molecule has 3 aromatic heterocycles. The van der Waals surface area contributed by atoms with Crippen LogP contribution in [0.4, 0.5) is 11.4 Å². The molecule has 0 spiro atoms. The van der Waals surface area contributed by atoms with Crippen molar-refractivity contribution in [2.45, 2.75) is 6.54 Å². The molecule has 6 nitrogen and oxygen atoms in total. The minimum absolute atomic E-state index is 0.540. The van der Waals surface area contributed by atoms with E-state index in [0.29, 0.717) is 5.56 Å². The highest BCUT2D eigenvalue weighted by atomic mass is 32.1. The van der Waals surface area contributed by atoms with Gasteiger partial charge in [0.05, 0.1) is 11.3 Å². The monoisotopic (exact) mass is 478 g/mol. The fourth-order valence-electron chi connectivity index (χ4n) is 4.77. The smallest absolute Gasteiger partial charge is 0.126 e. The Balaban J connectivity index is 1.35. The van der Waals surface area contributed by atoms with Crippen LogP contribution in [0.2, 0.25) is 0 Å². The zero-order valence-electron chi connectivity index (χ0n) is 19.6. The highest BCUT2D eigenvalue weighted by Crippen LogP contribution is 2.39. The van der Waals surface area contributed by atoms with Crippen LogP contribution in [0.25, 0.3) is 31.6 Å². The number of anilines is 2. The number of hydrogen-bond acceptors (Lipinski definition) is 6. The third kappa shape index (κ3) is 4.28. The molecule has 0 radical (unpaired) electrons. The fraction of sp³-hybridized carbons (Fsp3) is 0.214. The summed E-state index contributed by atoms with van der Waals surface area (Å²) in [4.78, 5) is 14.9. The molecule has 4 heterocycles. The molecular formula is C28H26N6S. The number of aromatic nitrogens is 2. The van der Waals surface area contributed by atoms with Crippen molar-refractivity contribution in [1.29, 1.82) is 5.26 Å². The third-order valence-electron chi connectivity index (χ3n) is 6.75. The van der Waals surface area contributed by atoms with Gasteiger partial charge in [-0.1, -0.05) is 24.3 Å². The summed E-state index contributed by atoms with van der Waals surface area (Å²) >= 11 is 1.67. The Kier molecular flexibility index (Phi) is 5.71. The Bertz CT molecular complexity index is 1550. The maximum Gasteiger partial charge on any atom is 0.126 e. The maximum atomic E-state index is 9.82. The van der Waals surface area contributed by atoms with Gasteiger partial charge in [0, 0.05) is 72.0 Å². The van der Waals surface area contributed by atoms with E-state index in [1.54, 1.807) is 17.5 Å². The van der Waals surface area contributed by atoms with E-state index in [1.807, 2.05) is 30.5 Å². The summed E-state index contributed by atoms with van der Waals surface area (Å²) < 4.78 is 0. The number of hydrogen-bond donors (Lipinski definition) is 2. The molecular weight excluding hydrogens is 452 g/mol. The fourth-order valence-corrected chi connectivity index (χ4v) is 5.77. The predicted octanol–water partition coefficient (Wildman–Crippen LogP) is 5.81. The van der Waals surface area contributed by atoms with Gasteiger partial charge in [-0.25, -0.2) is 4.98 Å². The van der Waals surface area contributed by atoms with Crippen LogP contribution in [-0.2, 0) is 6.54 Å². The van der Waals surface area contributed by atoms with Crippen molar-refractivity contribution in [2.75, 3.05) is 38.5 Å². The lowest BCUT2D eigenvalue weighted by molar-refractivity contribution is 0.148. The topological polar surface area (TPSA) is 71.0 Å². The number of fused-ring (bicyclic) bond motifs is 2. The molecule has 0 bridgehead atoms. The number of aromatic amines is 1. The molecule has 1 aliphatic heterocycles. The van der Waals surface area contributed by atoms with E-state index < -0.39 is 0 Å². The molecule has 2 N–H and O–H groups in total. The van der Waals surface area contributed by atoms with Crippen molar-refractivity contribution in [3.63, 3.8) is 0 Å². The summed E-state index contributed by atoms with van der Waals surface area (Å²) in [5.74, 6) is 0. The minimum Gasteiger partial charge on any atom is -0.361 e. The van der Waals surface area contributed by atoms with Crippen molar-refractivity contribution in [2.24, 2.45) is 0 Å². The standard InChI is InChI=1S/C28H26N6S/c1-33-10-12-34(13-11-33)18-19-4-2-5-20(14-19)26-15-23-27(21(16-29)17-31-28(23)35-26)32-25-7-3-6-24-22(25)8-9-30-24/h2-9,14-15,17,30H,10-13,18H2,1H3,(H,31,32). The van der Waals surface area contributed by atoms with Crippen LogP contribution >= 0.6 is 11.3 Å². The van der Waals surface area contributed by atoms with Gasteiger partial charge in [-0.05, 0) is 48.5 Å². The average molecular weight is 479 g/mol. The van der Waals surface area contributed by atoms with Crippen molar-refractivity contribution in [3.05, 3.63) is 78.1 Å². The highest BCUT2D eigenvalue weighted by molar-refractivity contribution is 7.22. The van der Waals surface area contributed by atoms with Crippen LogP contribution in [0.1, 0.15) is 11.1 Å². The van der Waals surface area contributed by atoms with Crippen molar-refractivity contribution >= 4 is 43.8 Å². The Labute approximate surface area is 208 Å². The molecule has 35 heavy (non-hydrogen) atoms. The number of nitriles is 1. The molecule has 1 aliphatic rings. The van der Waals surface area contributed by atoms with E-state index >= 15 is 0 Å². The predicted molar refractivity (Wildman–Crippen MR) is 144 cm³/mol. The van der Waals surface area contributed by atoms with Crippen molar-refractivity contribution in [1.82, 2.24) is 19.8 Å². The average Bonchev–Trinajstić information content (AvgIpc) is 3.54. The van der Waals surface area contributed by atoms with Crippen LogP contribution in [0.5, 0.6) is 0 Å². The van der Waals surface area contributed by atoms with Gasteiger partial charge in [0.2, 0.25) is 0 Å². The normalized spacial score (nSPS) is 15.0. The van der Waals surface area contributed by atoms with Gasteiger partial charge in [0.15, 0.2) is 0 Å². The van der Waals surface area contributed by atoms with E-state index in [9.17, 15) is 5.26 Å². The molecule has 6 rings (SSSR count). The Morgan fingerprint density at radius 3 is 2.77 bits per heavy atom. The second kappa shape index (κ2) is 9.16. The first-order chi connectivity index (χ1) is 17.2. The van der Waals surface area contributed by atoms with Gasteiger partial charge in [-0.3, -0.25) is 4.90 Å². The van der Waals surface area contributed by atoms with Crippen LogP contribution in [0, 0.1) is 11.3 Å². The van der Waals surface area contributed by atoms with Gasteiger partial charge >= 0.3 is 0 Å². The van der Waals surface area contributed by atoms with Gasteiger partial charge in [-0.15, -0.1) is 11.3 Å². The summed E-state index contributed by atoms with van der Waals surface area (Å²) in [6.07, 6.45) is 3.60. The summed E-state index contributed by atoms with van der Waals surface area (Å²) in [5.41, 5.74) is 5.89. The van der Waals surface area contributed by atoms with Crippen molar-refractivity contribution < 1.29 is 0 Å². The molecule has 2 aromatic carbocycles. The Morgan fingerprint density at radius 1 is 1.06 bits per heavy atom. The molecule has 174 valence electrons. The van der Waals surface area contributed by atoms with E-state index in [0.717, 1.165) is 70.1 Å². The van der Waals surface area contributed by atoms with Gasteiger partial charge in [-0.2, -0.15) is 5.26 Å². The molecule has 0 amide bonds. The number of piperazine rings is 1. The van der Waals surface area contributed by atoms with Crippen LogP contribution in [0.3, 0.4) is 0 Å². The number of thiophene rings is 1. The first-order valence-electron chi connectivity index (χ1n) is 11.8. The number of likely N-dealkylation sites (N-methyl/N-ethyl adjacent to an activating group) is 1. The SMILES string of the molecule is CN1CCN(Cc2cccc(-c3cc4c(Nc5cccc6[nH]ccc56)c(C#N)cnc4s3)c2)CC1. The quantitative estimate of drug-likeness (QED) is 0.334.